The van der Waals surface area contributed by atoms with Crippen LogP contribution < -0.4 is 0 Å². The molecule has 2 aromatic carbocycles. The lowest BCUT2D eigenvalue weighted by molar-refractivity contribution is 0.390. The first kappa shape index (κ1) is 35.9. The lowest BCUT2D eigenvalue weighted by Crippen LogP contribution is -2.27. The van der Waals surface area contributed by atoms with Gasteiger partial charge in [-0.3, -0.25) is 9.98 Å². The normalized spacial score (nSPS) is 17.8. The third-order valence-corrected chi connectivity index (χ3v) is 9.06. The van der Waals surface area contributed by atoms with E-state index < -0.39 is 0 Å². The number of aliphatic imine (C=N–C) groups is 2. The Morgan fingerprint density at radius 2 is 0.909 bits per heavy atom. The van der Waals surface area contributed by atoms with E-state index >= 15 is 0 Å². The van der Waals surface area contributed by atoms with Crippen LogP contribution in [0.25, 0.3) is 0 Å². The third kappa shape index (κ3) is 11.7. The van der Waals surface area contributed by atoms with Crippen molar-refractivity contribution in [1.29, 1.82) is 0 Å². The monoisotopic (exact) mass is 602 g/mol. The molecule has 2 N–H and O–H groups in total. The molecule has 2 atom stereocenters. The highest BCUT2D eigenvalue weighted by Gasteiger charge is 2.24. The molecule has 0 saturated heterocycles. The second-order valence-electron chi connectivity index (χ2n) is 15.1. The number of aryl methyl sites for hydroxylation is 4. The molecule has 44 heavy (non-hydrogen) atoms. The maximum atomic E-state index is 11.2. The zero-order valence-corrected chi connectivity index (χ0v) is 29.2. The molecule has 244 valence electrons. The minimum Gasteiger partial charge on any atom is -0.507 e. The molecule has 4 heteroatoms. The number of nitrogens with zero attached hydrogens (tertiary/aromatic N) is 2. The van der Waals surface area contributed by atoms with Gasteiger partial charge < -0.3 is 10.2 Å². The Bertz CT molecular complexity index is 1130. The molecule has 1 aliphatic rings. The second-order valence-corrected chi connectivity index (χ2v) is 15.1. The van der Waals surface area contributed by atoms with Crippen molar-refractivity contribution >= 4 is 12.4 Å². The van der Waals surface area contributed by atoms with E-state index in [1.807, 2.05) is 12.4 Å². The highest BCUT2D eigenvalue weighted by Crippen LogP contribution is 2.30. The van der Waals surface area contributed by atoms with E-state index in [9.17, 15) is 10.2 Å². The van der Waals surface area contributed by atoms with Crippen LogP contribution >= 0.6 is 0 Å². The van der Waals surface area contributed by atoms with Crippen LogP contribution in [0.1, 0.15) is 140 Å². The van der Waals surface area contributed by atoms with Crippen LogP contribution in [-0.4, -0.2) is 34.7 Å². The molecule has 3 rings (SSSR count). The summed E-state index contributed by atoms with van der Waals surface area (Å²) in [6.07, 6.45) is 16.3. The summed E-state index contributed by atoms with van der Waals surface area (Å²) in [5, 5.41) is 22.5. The Morgan fingerprint density at radius 3 is 1.25 bits per heavy atom. The van der Waals surface area contributed by atoms with Crippen LogP contribution in [0.5, 0.6) is 11.5 Å². The smallest absolute Gasteiger partial charge is 0.127 e. The van der Waals surface area contributed by atoms with Gasteiger partial charge in [0.2, 0.25) is 0 Å². The van der Waals surface area contributed by atoms with Gasteiger partial charge in [-0.2, -0.15) is 0 Å². The molecule has 2 aromatic rings. The third-order valence-electron chi connectivity index (χ3n) is 9.06. The van der Waals surface area contributed by atoms with Gasteiger partial charge in [0, 0.05) is 23.6 Å². The molecule has 1 fully saturated rings. The van der Waals surface area contributed by atoms with Gasteiger partial charge in [-0.15, -0.1) is 0 Å². The number of rotatable bonds is 16. The summed E-state index contributed by atoms with van der Waals surface area (Å²) < 4.78 is 0. The maximum absolute atomic E-state index is 11.2. The van der Waals surface area contributed by atoms with Gasteiger partial charge >= 0.3 is 0 Å². The molecule has 0 radical (unpaired) electrons. The van der Waals surface area contributed by atoms with E-state index in [1.165, 1.54) is 11.1 Å². The van der Waals surface area contributed by atoms with Gasteiger partial charge in [-0.25, -0.2) is 0 Å². The van der Waals surface area contributed by atoms with Crippen molar-refractivity contribution in [3.05, 3.63) is 57.6 Å². The summed E-state index contributed by atoms with van der Waals surface area (Å²) in [5.74, 6) is 3.23. The molecule has 0 aliphatic heterocycles. The Balaban J connectivity index is 1.87. The van der Waals surface area contributed by atoms with Crippen LogP contribution in [0.3, 0.4) is 0 Å². The molecule has 2 unspecified atom stereocenters. The molecule has 0 amide bonds. The van der Waals surface area contributed by atoms with Crippen molar-refractivity contribution < 1.29 is 10.2 Å². The van der Waals surface area contributed by atoms with Gasteiger partial charge in [0.15, 0.2) is 0 Å². The lowest BCUT2D eigenvalue weighted by atomic mass is 9.90. The predicted octanol–water partition coefficient (Wildman–Crippen LogP) is 10.3. The summed E-state index contributed by atoms with van der Waals surface area (Å²) in [6.45, 7) is 18.0. The fourth-order valence-electron chi connectivity index (χ4n) is 6.03. The van der Waals surface area contributed by atoms with E-state index in [4.69, 9.17) is 9.98 Å². The Morgan fingerprint density at radius 1 is 0.568 bits per heavy atom. The van der Waals surface area contributed by atoms with E-state index in [0.717, 1.165) is 99.3 Å². The zero-order valence-electron chi connectivity index (χ0n) is 29.2. The van der Waals surface area contributed by atoms with Gasteiger partial charge in [0.1, 0.15) is 11.5 Å². The predicted molar refractivity (Wildman–Crippen MR) is 190 cm³/mol. The first-order valence-corrected chi connectivity index (χ1v) is 17.7. The van der Waals surface area contributed by atoms with Crippen LogP contribution in [0.4, 0.5) is 0 Å². The van der Waals surface area contributed by atoms with Gasteiger partial charge in [-0.05, 0) is 122 Å². The summed E-state index contributed by atoms with van der Waals surface area (Å²) in [6, 6.07) is 8.85. The van der Waals surface area contributed by atoms with Crippen molar-refractivity contribution in [3.63, 3.8) is 0 Å². The molecule has 0 spiro atoms. The molecule has 0 heterocycles. The minimum absolute atomic E-state index is 0.0736. The lowest BCUT2D eigenvalue weighted by Gasteiger charge is -2.25. The first-order valence-electron chi connectivity index (χ1n) is 17.7. The summed E-state index contributed by atoms with van der Waals surface area (Å²) >= 11 is 0. The SMILES string of the molecule is CC(C)CCc1cc(C=NC2CCCCC2N=Cc2cc(CCC(C)C)cc(CCC(C)C)c2O)c(O)c(CCC(C)C)c1. The van der Waals surface area contributed by atoms with Crippen molar-refractivity contribution in [3.8, 4) is 11.5 Å². The fraction of sp³-hybridized carbons (Fsp3) is 0.650. The Hall–Kier alpha value is -2.62. The molecular weight excluding hydrogens is 540 g/mol. The van der Waals surface area contributed by atoms with Crippen LogP contribution in [0.15, 0.2) is 34.3 Å². The van der Waals surface area contributed by atoms with Crippen molar-refractivity contribution in [1.82, 2.24) is 0 Å². The average Bonchev–Trinajstić information content (AvgIpc) is 2.97. The van der Waals surface area contributed by atoms with E-state index in [2.05, 4.69) is 79.7 Å². The Labute approximate surface area is 269 Å². The number of phenolic OH excluding ortho intramolecular Hbond substituents is 2. The molecule has 1 aliphatic carbocycles. The zero-order chi connectivity index (χ0) is 32.2. The second kappa shape index (κ2) is 17.8. The largest absolute Gasteiger partial charge is 0.507 e. The van der Waals surface area contributed by atoms with Gasteiger partial charge in [-0.1, -0.05) is 80.4 Å². The molecule has 0 aromatic heterocycles. The van der Waals surface area contributed by atoms with Crippen molar-refractivity contribution in [2.24, 2.45) is 33.7 Å². The average molecular weight is 603 g/mol. The number of benzene rings is 2. The number of hydrogen-bond donors (Lipinski definition) is 2. The van der Waals surface area contributed by atoms with Crippen molar-refractivity contribution in [2.75, 3.05) is 0 Å². The highest BCUT2D eigenvalue weighted by atomic mass is 16.3. The van der Waals surface area contributed by atoms with E-state index in [0.29, 0.717) is 35.2 Å². The van der Waals surface area contributed by atoms with Crippen LogP contribution in [-0.2, 0) is 25.7 Å². The summed E-state index contributed by atoms with van der Waals surface area (Å²) in [4.78, 5) is 10.1. The topological polar surface area (TPSA) is 65.2 Å². The maximum Gasteiger partial charge on any atom is 0.127 e. The number of aromatic hydroxyl groups is 2. The van der Waals surface area contributed by atoms with E-state index in [-0.39, 0.29) is 12.1 Å². The molecular formula is C40H62N2O2. The molecule has 0 bridgehead atoms. The quantitative estimate of drug-likeness (QED) is 0.188. The first-order chi connectivity index (χ1) is 20.9. The molecule has 4 nitrogen and oxygen atoms in total. The fourth-order valence-corrected chi connectivity index (χ4v) is 6.03. The standard InChI is InChI=1S/C40H62N2O2/c1-27(2)13-17-31-21-33(19-15-29(5)6)39(43)35(23-31)25-41-37-11-9-10-12-38(37)42-26-36-24-32(18-14-28(3)4)22-34(40(36)44)20-16-30(7)8/h21-30,37-38,43-44H,9-20H2,1-8H3. The minimum atomic E-state index is 0.0736. The van der Waals surface area contributed by atoms with Gasteiger partial charge in [0.05, 0.1) is 12.1 Å². The van der Waals surface area contributed by atoms with E-state index in [1.54, 1.807) is 0 Å². The number of phenols is 2. The molecule has 1 saturated carbocycles. The highest BCUT2D eigenvalue weighted by molar-refractivity contribution is 5.85. The van der Waals surface area contributed by atoms with Crippen LogP contribution in [0.2, 0.25) is 0 Å². The summed E-state index contributed by atoms with van der Waals surface area (Å²) in [7, 11) is 0. The van der Waals surface area contributed by atoms with Gasteiger partial charge in [0.25, 0.3) is 0 Å². The van der Waals surface area contributed by atoms with Crippen molar-refractivity contribution in [2.45, 2.75) is 145 Å². The van der Waals surface area contributed by atoms with Crippen LogP contribution in [0, 0.1) is 23.7 Å². The Kier molecular flexibility index (Phi) is 14.5. The summed E-state index contributed by atoms with van der Waals surface area (Å²) in [5.41, 5.74) is 6.33. The number of hydrogen-bond acceptors (Lipinski definition) is 4.